The lowest BCUT2D eigenvalue weighted by Crippen LogP contribution is -2.19. The fourth-order valence-corrected chi connectivity index (χ4v) is 3.34. The fraction of sp³-hybridized carbons (Fsp3) is 0.111. The SMILES string of the molecule is CCc1ccc(/C=C2/SC(=Nc3cccc(Cl)c3Cl)NC2=O)cc1. The summed E-state index contributed by atoms with van der Waals surface area (Å²) in [5, 5.41) is 4.03. The lowest BCUT2D eigenvalue weighted by molar-refractivity contribution is -0.115. The molecule has 122 valence electrons. The minimum atomic E-state index is -0.170. The monoisotopic (exact) mass is 376 g/mol. The Labute approximate surface area is 154 Å². The van der Waals surface area contributed by atoms with E-state index < -0.39 is 0 Å². The number of aliphatic imine (C=N–C) groups is 1. The molecule has 0 atom stereocenters. The second-order valence-electron chi connectivity index (χ2n) is 5.15. The van der Waals surface area contributed by atoms with Gasteiger partial charge in [0, 0.05) is 0 Å². The zero-order valence-corrected chi connectivity index (χ0v) is 15.2. The molecular weight excluding hydrogens is 363 g/mol. The van der Waals surface area contributed by atoms with Gasteiger partial charge in [0.05, 0.1) is 20.6 Å². The van der Waals surface area contributed by atoms with Gasteiger partial charge in [0.15, 0.2) is 5.17 Å². The molecule has 1 aliphatic rings. The van der Waals surface area contributed by atoms with E-state index >= 15 is 0 Å². The zero-order chi connectivity index (χ0) is 17.1. The van der Waals surface area contributed by atoms with Crippen molar-refractivity contribution in [2.24, 2.45) is 4.99 Å². The molecule has 0 aliphatic carbocycles. The van der Waals surface area contributed by atoms with Gasteiger partial charge in [-0.2, -0.15) is 0 Å². The molecule has 1 amide bonds. The number of nitrogens with one attached hydrogen (secondary N) is 1. The molecule has 0 bridgehead atoms. The number of halogens is 2. The summed E-state index contributed by atoms with van der Waals surface area (Å²) in [7, 11) is 0. The molecule has 0 aromatic heterocycles. The summed E-state index contributed by atoms with van der Waals surface area (Å²) in [5.74, 6) is -0.170. The summed E-state index contributed by atoms with van der Waals surface area (Å²) in [5.41, 5.74) is 2.77. The molecule has 1 aliphatic heterocycles. The maximum Gasteiger partial charge on any atom is 0.264 e. The summed E-state index contributed by atoms with van der Waals surface area (Å²) < 4.78 is 0. The van der Waals surface area contributed by atoms with E-state index in [-0.39, 0.29) is 5.91 Å². The van der Waals surface area contributed by atoms with Gasteiger partial charge in [-0.05, 0) is 47.5 Å². The Morgan fingerprint density at radius 1 is 1.17 bits per heavy atom. The van der Waals surface area contributed by atoms with Crippen LogP contribution in [0.2, 0.25) is 10.0 Å². The van der Waals surface area contributed by atoms with Gasteiger partial charge in [0.25, 0.3) is 5.91 Å². The van der Waals surface area contributed by atoms with Gasteiger partial charge in [0.2, 0.25) is 0 Å². The van der Waals surface area contributed by atoms with E-state index in [1.54, 1.807) is 18.2 Å². The van der Waals surface area contributed by atoms with Crippen LogP contribution in [-0.4, -0.2) is 11.1 Å². The van der Waals surface area contributed by atoms with Crippen molar-refractivity contribution in [1.82, 2.24) is 5.32 Å². The van der Waals surface area contributed by atoms with E-state index in [4.69, 9.17) is 23.2 Å². The Hall–Kier alpha value is -1.75. The van der Waals surface area contributed by atoms with Crippen LogP contribution in [0.3, 0.4) is 0 Å². The molecule has 0 saturated carbocycles. The smallest absolute Gasteiger partial charge is 0.264 e. The first kappa shape index (κ1) is 17.1. The summed E-state index contributed by atoms with van der Waals surface area (Å²) in [6.45, 7) is 2.11. The summed E-state index contributed by atoms with van der Waals surface area (Å²) >= 11 is 13.4. The molecule has 24 heavy (non-hydrogen) atoms. The van der Waals surface area contributed by atoms with Gasteiger partial charge in [0.1, 0.15) is 0 Å². The first-order valence-electron chi connectivity index (χ1n) is 7.39. The summed E-state index contributed by atoms with van der Waals surface area (Å²) in [6, 6.07) is 13.3. The average Bonchev–Trinajstić information content (AvgIpc) is 2.92. The van der Waals surface area contributed by atoms with Crippen LogP contribution in [0, 0.1) is 0 Å². The minimum Gasteiger partial charge on any atom is -0.300 e. The van der Waals surface area contributed by atoms with Gasteiger partial charge < -0.3 is 5.32 Å². The summed E-state index contributed by atoms with van der Waals surface area (Å²) in [6.07, 6.45) is 2.84. The highest BCUT2D eigenvalue weighted by Gasteiger charge is 2.24. The van der Waals surface area contributed by atoms with Crippen LogP contribution in [0.5, 0.6) is 0 Å². The first-order chi connectivity index (χ1) is 11.6. The molecule has 0 spiro atoms. The maximum atomic E-state index is 12.1. The second kappa shape index (κ2) is 7.43. The molecule has 1 saturated heterocycles. The standard InChI is InChI=1S/C18H14Cl2N2OS/c1-2-11-6-8-12(9-7-11)10-15-17(23)22-18(24-15)21-14-5-3-4-13(19)16(14)20/h3-10H,2H2,1H3,(H,21,22,23)/b15-10+. The van der Waals surface area contributed by atoms with Crippen molar-refractivity contribution in [3.8, 4) is 0 Å². The van der Waals surface area contributed by atoms with Crippen molar-refractivity contribution in [1.29, 1.82) is 0 Å². The first-order valence-corrected chi connectivity index (χ1v) is 8.96. The third-order valence-electron chi connectivity index (χ3n) is 3.49. The number of carbonyl (C=O) groups excluding carboxylic acids is 1. The van der Waals surface area contributed by atoms with Crippen molar-refractivity contribution < 1.29 is 4.79 Å². The number of rotatable bonds is 3. The third kappa shape index (κ3) is 3.83. The predicted molar refractivity (Wildman–Crippen MR) is 103 cm³/mol. The van der Waals surface area contributed by atoms with Crippen molar-refractivity contribution in [2.75, 3.05) is 0 Å². The highest BCUT2D eigenvalue weighted by molar-refractivity contribution is 8.18. The second-order valence-corrected chi connectivity index (χ2v) is 6.97. The van der Waals surface area contributed by atoms with Crippen LogP contribution in [0.15, 0.2) is 52.4 Å². The van der Waals surface area contributed by atoms with Crippen molar-refractivity contribution in [2.45, 2.75) is 13.3 Å². The average molecular weight is 377 g/mol. The van der Waals surface area contributed by atoms with Gasteiger partial charge in [-0.1, -0.05) is 60.5 Å². The molecular formula is C18H14Cl2N2OS. The highest BCUT2D eigenvalue weighted by Crippen LogP contribution is 2.34. The largest absolute Gasteiger partial charge is 0.300 e. The lowest BCUT2D eigenvalue weighted by Gasteiger charge is -2.01. The molecule has 3 nitrogen and oxygen atoms in total. The van der Waals surface area contributed by atoms with Crippen LogP contribution in [0.25, 0.3) is 6.08 Å². The van der Waals surface area contributed by atoms with Gasteiger partial charge in [-0.15, -0.1) is 0 Å². The topological polar surface area (TPSA) is 41.5 Å². The molecule has 3 rings (SSSR count). The quantitative estimate of drug-likeness (QED) is 0.723. The minimum absolute atomic E-state index is 0.170. The Bertz CT molecular complexity index is 845. The molecule has 1 heterocycles. The number of amidine groups is 1. The van der Waals surface area contributed by atoms with Gasteiger partial charge in [-0.3, -0.25) is 4.79 Å². The normalized spacial score (nSPS) is 17.5. The molecule has 1 fully saturated rings. The van der Waals surface area contributed by atoms with E-state index in [9.17, 15) is 4.79 Å². The Kier molecular flexibility index (Phi) is 5.29. The van der Waals surface area contributed by atoms with Gasteiger partial charge in [-0.25, -0.2) is 4.99 Å². The van der Waals surface area contributed by atoms with Crippen LogP contribution < -0.4 is 5.32 Å². The Morgan fingerprint density at radius 2 is 1.92 bits per heavy atom. The van der Waals surface area contributed by atoms with Crippen LogP contribution in [0.4, 0.5) is 5.69 Å². The third-order valence-corrected chi connectivity index (χ3v) is 5.21. The lowest BCUT2D eigenvalue weighted by atomic mass is 10.1. The fourth-order valence-electron chi connectivity index (χ4n) is 2.17. The molecule has 2 aromatic carbocycles. The number of nitrogens with zero attached hydrogens (tertiary/aromatic N) is 1. The molecule has 1 N–H and O–H groups in total. The van der Waals surface area contributed by atoms with Crippen LogP contribution >= 0.6 is 35.0 Å². The van der Waals surface area contributed by atoms with Crippen molar-refractivity contribution in [3.63, 3.8) is 0 Å². The van der Waals surface area contributed by atoms with Gasteiger partial charge >= 0.3 is 0 Å². The van der Waals surface area contributed by atoms with E-state index in [1.807, 2.05) is 18.2 Å². The van der Waals surface area contributed by atoms with E-state index in [1.165, 1.54) is 17.3 Å². The molecule has 0 unspecified atom stereocenters. The number of benzene rings is 2. The van der Waals surface area contributed by atoms with E-state index in [2.05, 4.69) is 29.4 Å². The number of hydrogen-bond acceptors (Lipinski definition) is 3. The van der Waals surface area contributed by atoms with Crippen molar-refractivity contribution in [3.05, 3.63) is 68.5 Å². The molecule has 2 aromatic rings. The predicted octanol–water partition coefficient (Wildman–Crippen LogP) is 5.45. The highest BCUT2D eigenvalue weighted by atomic mass is 35.5. The Morgan fingerprint density at radius 3 is 2.62 bits per heavy atom. The van der Waals surface area contributed by atoms with E-state index in [0.717, 1.165) is 12.0 Å². The molecule has 6 heteroatoms. The number of amides is 1. The van der Waals surface area contributed by atoms with Crippen LogP contribution in [0.1, 0.15) is 18.1 Å². The van der Waals surface area contributed by atoms with Crippen molar-refractivity contribution >= 4 is 57.8 Å². The number of thioether (sulfide) groups is 1. The number of carbonyl (C=O) groups is 1. The zero-order valence-electron chi connectivity index (χ0n) is 12.8. The number of hydrogen-bond donors (Lipinski definition) is 1. The number of aryl methyl sites for hydroxylation is 1. The van der Waals surface area contributed by atoms with E-state index in [0.29, 0.717) is 25.8 Å². The van der Waals surface area contributed by atoms with Crippen LogP contribution in [-0.2, 0) is 11.2 Å². The Balaban J connectivity index is 1.83. The summed E-state index contributed by atoms with van der Waals surface area (Å²) in [4.78, 5) is 17.1. The maximum absolute atomic E-state index is 12.1. The molecule has 0 radical (unpaired) electrons.